The first-order chi connectivity index (χ1) is 8.69. The van der Waals surface area contributed by atoms with Gasteiger partial charge in [0.1, 0.15) is 5.75 Å². The third-order valence-corrected chi connectivity index (χ3v) is 3.43. The Balaban J connectivity index is 1.94. The lowest BCUT2D eigenvalue weighted by molar-refractivity contribution is 0.110. The van der Waals surface area contributed by atoms with Gasteiger partial charge in [0.15, 0.2) is 5.11 Å². The summed E-state index contributed by atoms with van der Waals surface area (Å²) in [5.74, 6) is 0.803. The number of thiocarbonyl (C=S) groups is 1. The molecule has 0 bridgehead atoms. The molecule has 1 heterocycles. The van der Waals surface area contributed by atoms with Gasteiger partial charge in [-0.2, -0.15) is 0 Å². The Kier molecular flexibility index (Phi) is 4.38. The van der Waals surface area contributed by atoms with Crippen molar-refractivity contribution in [2.24, 2.45) is 0 Å². The smallest absolute Gasteiger partial charge is 0.173 e. The molecule has 1 saturated heterocycles. The SMILES string of the molecule is COc1cccc(NC(=S)N2CCC(O)CC2)c1. The molecular formula is C13H18N2O2S. The van der Waals surface area contributed by atoms with Crippen molar-refractivity contribution in [2.75, 3.05) is 25.5 Å². The molecule has 0 radical (unpaired) electrons. The third-order valence-electron chi connectivity index (χ3n) is 3.07. The first-order valence-corrected chi connectivity index (χ1v) is 6.48. The van der Waals surface area contributed by atoms with Gasteiger partial charge in [0, 0.05) is 24.8 Å². The molecule has 18 heavy (non-hydrogen) atoms. The van der Waals surface area contributed by atoms with Gasteiger partial charge in [-0.1, -0.05) is 6.07 Å². The minimum atomic E-state index is -0.180. The highest BCUT2D eigenvalue weighted by Gasteiger charge is 2.18. The molecule has 98 valence electrons. The molecule has 0 amide bonds. The maximum atomic E-state index is 9.46. The Bertz CT molecular complexity index is 417. The van der Waals surface area contributed by atoms with Gasteiger partial charge >= 0.3 is 0 Å². The van der Waals surface area contributed by atoms with Gasteiger partial charge in [-0.25, -0.2) is 0 Å². The number of likely N-dealkylation sites (tertiary alicyclic amines) is 1. The summed E-state index contributed by atoms with van der Waals surface area (Å²) in [7, 11) is 1.64. The van der Waals surface area contributed by atoms with Crippen LogP contribution < -0.4 is 10.1 Å². The summed E-state index contributed by atoms with van der Waals surface area (Å²) in [4.78, 5) is 2.08. The molecule has 2 rings (SSSR count). The Hall–Kier alpha value is -1.33. The van der Waals surface area contributed by atoms with Crippen LogP contribution >= 0.6 is 12.2 Å². The van der Waals surface area contributed by atoms with Crippen molar-refractivity contribution >= 4 is 23.0 Å². The van der Waals surface area contributed by atoms with Crippen molar-refractivity contribution in [3.8, 4) is 5.75 Å². The summed E-state index contributed by atoms with van der Waals surface area (Å²) in [6.07, 6.45) is 1.38. The van der Waals surface area contributed by atoms with E-state index in [9.17, 15) is 5.11 Å². The van der Waals surface area contributed by atoms with E-state index in [-0.39, 0.29) is 6.10 Å². The fourth-order valence-corrected chi connectivity index (χ4v) is 2.27. The largest absolute Gasteiger partial charge is 0.497 e. The number of rotatable bonds is 2. The molecule has 1 aliphatic heterocycles. The van der Waals surface area contributed by atoms with E-state index in [0.717, 1.165) is 37.4 Å². The number of hydrogen-bond donors (Lipinski definition) is 2. The Morgan fingerprint density at radius 1 is 1.44 bits per heavy atom. The lowest BCUT2D eigenvalue weighted by Crippen LogP contribution is -2.42. The quantitative estimate of drug-likeness (QED) is 0.800. The number of aliphatic hydroxyl groups excluding tert-OH is 1. The van der Waals surface area contributed by atoms with E-state index in [1.807, 2.05) is 24.3 Å². The molecule has 0 saturated carbocycles. The van der Waals surface area contributed by atoms with Gasteiger partial charge in [-0.15, -0.1) is 0 Å². The van der Waals surface area contributed by atoms with Crippen molar-refractivity contribution < 1.29 is 9.84 Å². The summed E-state index contributed by atoms with van der Waals surface area (Å²) in [5, 5.41) is 13.4. The lowest BCUT2D eigenvalue weighted by Gasteiger charge is -2.31. The van der Waals surface area contributed by atoms with E-state index in [4.69, 9.17) is 17.0 Å². The number of nitrogens with one attached hydrogen (secondary N) is 1. The number of ether oxygens (including phenoxy) is 1. The fraction of sp³-hybridized carbons (Fsp3) is 0.462. The number of methoxy groups -OCH3 is 1. The van der Waals surface area contributed by atoms with Crippen LogP contribution in [-0.2, 0) is 0 Å². The average molecular weight is 266 g/mol. The molecule has 2 N–H and O–H groups in total. The van der Waals surface area contributed by atoms with Gasteiger partial charge in [-0.05, 0) is 37.2 Å². The summed E-state index contributed by atoms with van der Waals surface area (Å²) < 4.78 is 5.17. The van der Waals surface area contributed by atoms with Gasteiger partial charge < -0.3 is 20.1 Å². The summed E-state index contributed by atoms with van der Waals surface area (Å²) in [5.41, 5.74) is 0.922. The highest BCUT2D eigenvalue weighted by molar-refractivity contribution is 7.80. The van der Waals surface area contributed by atoms with E-state index < -0.39 is 0 Å². The van der Waals surface area contributed by atoms with Gasteiger partial charge in [-0.3, -0.25) is 0 Å². The van der Waals surface area contributed by atoms with Crippen molar-refractivity contribution in [3.63, 3.8) is 0 Å². The van der Waals surface area contributed by atoms with E-state index in [0.29, 0.717) is 5.11 Å². The zero-order valence-corrected chi connectivity index (χ0v) is 11.2. The maximum Gasteiger partial charge on any atom is 0.173 e. The molecule has 0 aliphatic carbocycles. The summed E-state index contributed by atoms with van der Waals surface area (Å²) in [6, 6.07) is 7.67. The van der Waals surface area contributed by atoms with Crippen LogP contribution in [0, 0.1) is 0 Å². The number of piperidine rings is 1. The second kappa shape index (κ2) is 6.02. The Morgan fingerprint density at radius 2 is 2.17 bits per heavy atom. The molecular weight excluding hydrogens is 248 g/mol. The van der Waals surface area contributed by atoms with Gasteiger partial charge in [0.05, 0.1) is 13.2 Å². The Labute approximate surface area is 113 Å². The van der Waals surface area contributed by atoms with Crippen molar-refractivity contribution in [2.45, 2.75) is 18.9 Å². The molecule has 0 spiro atoms. The average Bonchev–Trinajstić information content (AvgIpc) is 2.39. The lowest BCUT2D eigenvalue weighted by atomic mass is 10.1. The molecule has 1 fully saturated rings. The minimum absolute atomic E-state index is 0.180. The fourth-order valence-electron chi connectivity index (χ4n) is 1.97. The number of hydrogen-bond acceptors (Lipinski definition) is 3. The molecule has 5 heteroatoms. The third kappa shape index (κ3) is 3.34. The molecule has 0 atom stereocenters. The van der Waals surface area contributed by atoms with Crippen LogP contribution in [0.1, 0.15) is 12.8 Å². The van der Waals surface area contributed by atoms with E-state index >= 15 is 0 Å². The standard InChI is InChI=1S/C13H18N2O2S/c1-17-12-4-2-3-10(9-12)14-13(18)15-7-5-11(16)6-8-15/h2-4,9,11,16H,5-8H2,1H3,(H,14,18). The van der Waals surface area contributed by atoms with E-state index in [1.54, 1.807) is 7.11 Å². The minimum Gasteiger partial charge on any atom is -0.497 e. The topological polar surface area (TPSA) is 44.7 Å². The Morgan fingerprint density at radius 3 is 2.83 bits per heavy atom. The first-order valence-electron chi connectivity index (χ1n) is 6.07. The highest BCUT2D eigenvalue weighted by Crippen LogP contribution is 2.18. The van der Waals surface area contributed by atoms with Crippen LogP contribution in [-0.4, -0.2) is 41.4 Å². The zero-order chi connectivity index (χ0) is 13.0. The zero-order valence-electron chi connectivity index (χ0n) is 10.4. The monoisotopic (exact) mass is 266 g/mol. The second-order valence-electron chi connectivity index (χ2n) is 4.38. The van der Waals surface area contributed by atoms with Crippen LogP contribution in [0.15, 0.2) is 24.3 Å². The number of aliphatic hydroxyl groups is 1. The first kappa shape index (κ1) is 13.1. The predicted octanol–water partition coefficient (Wildman–Crippen LogP) is 1.85. The molecule has 0 aromatic heterocycles. The highest BCUT2D eigenvalue weighted by atomic mass is 32.1. The number of anilines is 1. The molecule has 0 unspecified atom stereocenters. The normalized spacial score (nSPS) is 16.4. The van der Waals surface area contributed by atoms with Gasteiger partial charge in [0.25, 0.3) is 0 Å². The van der Waals surface area contributed by atoms with Crippen LogP contribution in [0.5, 0.6) is 5.75 Å². The second-order valence-corrected chi connectivity index (χ2v) is 4.77. The van der Waals surface area contributed by atoms with Crippen molar-refractivity contribution in [3.05, 3.63) is 24.3 Å². The van der Waals surface area contributed by atoms with Crippen LogP contribution in [0.4, 0.5) is 5.69 Å². The van der Waals surface area contributed by atoms with Crippen LogP contribution in [0.25, 0.3) is 0 Å². The summed E-state index contributed by atoms with van der Waals surface area (Å²) >= 11 is 5.37. The molecule has 4 nitrogen and oxygen atoms in total. The maximum absolute atomic E-state index is 9.46. The van der Waals surface area contributed by atoms with Gasteiger partial charge in [0.2, 0.25) is 0 Å². The van der Waals surface area contributed by atoms with Crippen LogP contribution in [0.3, 0.4) is 0 Å². The molecule has 1 aromatic carbocycles. The van der Waals surface area contributed by atoms with Crippen molar-refractivity contribution in [1.82, 2.24) is 4.90 Å². The number of benzene rings is 1. The molecule has 1 aliphatic rings. The number of nitrogens with zero attached hydrogens (tertiary/aromatic N) is 1. The summed E-state index contributed by atoms with van der Waals surface area (Å²) in [6.45, 7) is 1.61. The van der Waals surface area contributed by atoms with E-state index in [2.05, 4.69) is 10.2 Å². The van der Waals surface area contributed by atoms with Crippen molar-refractivity contribution in [1.29, 1.82) is 0 Å². The van der Waals surface area contributed by atoms with E-state index in [1.165, 1.54) is 0 Å². The molecule has 1 aromatic rings. The van der Waals surface area contributed by atoms with Crippen LogP contribution in [0.2, 0.25) is 0 Å². The predicted molar refractivity (Wildman–Crippen MR) is 76.0 cm³/mol.